The van der Waals surface area contributed by atoms with Gasteiger partial charge in [-0.3, -0.25) is 4.90 Å². The van der Waals surface area contributed by atoms with Crippen molar-refractivity contribution in [3.05, 3.63) is 107 Å². The molecular formula is C26H23ClF4N4O. The molecule has 3 aromatic carbocycles. The van der Waals surface area contributed by atoms with E-state index < -0.39 is 55.0 Å². The molecule has 0 bridgehead atoms. The SMILES string of the molecule is [2H]C([2H])([2H])N(Cc1ccc(-c2ccc(Cl)c(F)c2)cc1F)[C@H](C)[C@](O)(Cn1cncn1)c1ccc(F)cc1F. The van der Waals surface area contributed by atoms with Crippen molar-refractivity contribution in [3.8, 4) is 11.1 Å². The van der Waals surface area contributed by atoms with E-state index in [0.717, 1.165) is 29.2 Å². The van der Waals surface area contributed by atoms with Gasteiger partial charge in [0.25, 0.3) is 0 Å². The van der Waals surface area contributed by atoms with Gasteiger partial charge in [-0.25, -0.2) is 27.2 Å². The van der Waals surface area contributed by atoms with E-state index in [1.54, 1.807) is 0 Å². The lowest BCUT2D eigenvalue weighted by Gasteiger charge is -2.40. The van der Waals surface area contributed by atoms with Gasteiger partial charge >= 0.3 is 0 Å². The zero-order valence-corrected chi connectivity index (χ0v) is 19.7. The molecule has 188 valence electrons. The Morgan fingerprint density at radius 3 is 2.36 bits per heavy atom. The van der Waals surface area contributed by atoms with Gasteiger partial charge in [-0.05, 0) is 49.3 Å². The predicted octanol–water partition coefficient (Wildman–Crippen LogP) is 5.56. The van der Waals surface area contributed by atoms with Gasteiger partial charge in [-0.15, -0.1) is 0 Å². The van der Waals surface area contributed by atoms with Crippen LogP contribution in [0.25, 0.3) is 11.1 Å². The molecule has 0 aliphatic heterocycles. The molecular weight excluding hydrogens is 496 g/mol. The lowest BCUT2D eigenvalue weighted by atomic mass is 9.85. The van der Waals surface area contributed by atoms with Crippen LogP contribution >= 0.6 is 11.6 Å². The first kappa shape index (κ1) is 22.0. The van der Waals surface area contributed by atoms with Crippen LogP contribution < -0.4 is 0 Å². The second-order valence-electron chi connectivity index (χ2n) is 8.38. The molecule has 1 N–H and O–H groups in total. The first-order valence-electron chi connectivity index (χ1n) is 12.3. The van der Waals surface area contributed by atoms with Crippen molar-refractivity contribution >= 4 is 11.6 Å². The Morgan fingerprint density at radius 2 is 1.75 bits per heavy atom. The van der Waals surface area contributed by atoms with Crippen LogP contribution in [0, 0.1) is 23.3 Å². The van der Waals surface area contributed by atoms with Crippen LogP contribution in [0.4, 0.5) is 17.6 Å². The van der Waals surface area contributed by atoms with Gasteiger partial charge < -0.3 is 5.11 Å². The predicted molar refractivity (Wildman–Crippen MR) is 128 cm³/mol. The number of halogens is 5. The van der Waals surface area contributed by atoms with Gasteiger partial charge in [-0.1, -0.05) is 35.9 Å². The summed E-state index contributed by atoms with van der Waals surface area (Å²) >= 11 is 5.72. The number of aromatic nitrogens is 3. The average Bonchev–Trinajstić information content (AvgIpc) is 3.36. The van der Waals surface area contributed by atoms with Gasteiger partial charge in [0.2, 0.25) is 0 Å². The number of nitrogens with zero attached hydrogens (tertiary/aromatic N) is 4. The van der Waals surface area contributed by atoms with Crippen LogP contribution in [-0.4, -0.2) is 37.8 Å². The molecule has 0 unspecified atom stereocenters. The third kappa shape index (κ3) is 5.28. The summed E-state index contributed by atoms with van der Waals surface area (Å²) in [6.07, 6.45) is 2.42. The molecule has 0 saturated carbocycles. The Morgan fingerprint density at radius 1 is 1.03 bits per heavy atom. The molecule has 0 aliphatic carbocycles. The highest BCUT2D eigenvalue weighted by molar-refractivity contribution is 6.30. The molecule has 0 amide bonds. The number of hydrogen-bond acceptors (Lipinski definition) is 4. The van der Waals surface area contributed by atoms with E-state index in [-0.39, 0.29) is 16.1 Å². The summed E-state index contributed by atoms with van der Waals surface area (Å²) in [5.74, 6) is -3.44. The van der Waals surface area contributed by atoms with E-state index >= 15 is 4.39 Å². The summed E-state index contributed by atoms with van der Waals surface area (Å²) in [7, 11) is 0. The Balaban J connectivity index is 1.73. The van der Waals surface area contributed by atoms with E-state index in [0.29, 0.717) is 17.2 Å². The lowest BCUT2D eigenvalue weighted by molar-refractivity contribution is -0.0593. The zero-order chi connectivity index (χ0) is 28.5. The van der Waals surface area contributed by atoms with Gasteiger partial charge in [0.15, 0.2) is 0 Å². The number of hydrogen-bond donors (Lipinski definition) is 1. The van der Waals surface area contributed by atoms with E-state index in [1.807, 2.05) is 0 Å². The molecule has 10 heteroatoms. The molecule has 4 aromatic rings. The smallest absolute Gasteiger partial charge is 0.142 e. The van der Waals surface area contributed by atoms with Crippen molar-refractivity contribution in [2.45, 2.75) is 31.7 Å². The normalized spacial score (nSPS) is 15.7. The van der Waals surface area contributed by atoms with Crippen molar-refractivity contribution < 1.29 is 26.8 Å². The van der Waals surface area contributed by atoms with Crippen molar-refractivity contribution in [1.82, 2.24) is 19.7 Å². The molecule has 0 aliphatic rings. The second kappa shape index (κ2) is 10.4. The Kier molecular flexibility index (Phi) is 6.33. The molecule has 36 heavy (non-hydrogen) atoms. The number of aliphatic hydroxyl groups is 1. The summed E-state index contributed by atoms with van der Waals surface area (Å²) in [6.45, 7) is -2.49. The van der Waals surface area contributed by atoms with Gasteiger partial charge in [0.1, 0.15) is 41.5 Å². The molecule has 5 nitrogen and oxygen atoms in total. The molecule has 2 atom stereocenters. The molecule has 0 radical (unpaired) electrons. The van der Waals surface area contributed by atoms with Crippen LogP contribution in [0.3, 0.4) is 0 Å². The number of rotatable bonds is 8. The number of likely N-dealkylation sites (N-methyl/N-ethyl adjacent to an activating group) is 1. The minimum Gasteiger partial charge on any atom is -0.381 e. The van der Waals surface area contributed by atoms with Crippen molar-refractivity contribution in [1.29, 1.82) is 0 Å². The Hall–Kier alpha value is -3.27. The fourth-order valence-corrected chi connectivity index (χ4v) is 4.07. The summed E-state index contributed by atoms with van der Waals surface area (Å²) in [5, 5.41) is 15.7. The van der Waals surface area contributed by atoms with Gasteiger partial charge in [0, 0.05) is 33.9 Å². The van der Waals surface area contributed by atoms with Crippen molar-refractivity contribution in [2.24, 2.45) is 0 Å². The molecule has 1 heterocycles. The minimum atomic E-state index is -2.88. The number of benzene rings is 3. The maximum atomic E-state index is 15.2. The zero-order valence-electron chi connectivity index (χ0n) is 22.0. The third-order valence-corrected chi connectivity index (χ3v) is 6.38. The van der Waals surface area contributed by atoms with Crippen molar-refractivity contribution in [2.75, 3.05) is 6.98 Å². The quantitative estimate of drug-likeness (QED) is 0.308. The highest BCUT2D eigenvalue weighted by atomic mass is 35.5. The Labute approximate surface area is 214 Å². The largest absolute Gasteiger partial charge is 0.381 e. The molecule has 0 fully saturated rings. The summed E-state index contributed by atoms with van der Waals surface area (Å²) in [5.41, 5.74) is -1.99. The molecule has 0 saturated heterocycles. The first-order chi connectivity index (χ1) is 18.3. The van der Waals surface area contributed by atoms with Gasteiger partial charge in [-0.2, -0.15) is 5.10 Å². The standard InChI is InChI=1S/C26H23ClF4N4O/c1-16(26(36,13-35-15-32-14-33-35)21-7-6-20(28)11-24(21)30)34(2)12-19-4-3-17(9-23(19)29)18-5-8-22(27)25(31)10-18/h3-11,14-16,36H,12-13H2,1-2H3/t16-,26-/m1/s1/i2D3. The first-order valence-corrected chi connectivity index (χ1v) is 11.2. The van der Waals surface area contributed by atoms with E-state index in [4.69, 9.17) is 15.7 Å². The van der Waals surface area contributed by atoms with E-state index in [9.17, 15) is 18.3 Å². The molecule has 1 aromatic heterocycles. The minimum absolute atomic E-state index is 0.0427. The summed E-state index contributed by atoms with van der Waals surface area (Å²) in [4.78, 5) is 4.63. The average molecular weight is 522 g/mol. The topological polar surface area (TPSA) is 54.2 Å². The highest BCUT2D eigenvalue weighted by Gasteiger charge is 2.41. The van der Waals surface area contributed by atoms with Crippen LogP contribution in [0.1, 0.15) is 22.2 Å². The van der Waals surface area contributed by atoms with Gasteiger partial charge in [0.05, 0.1) is 11.6 Å². The van der Waals surface area contributed by atoms with Crippen molar-refractivity contribution in [3.63, 3.8) is 0 Å². The fourth-order valence-electron chi connectivity index (χ4n) is 3.95. The van der Waals surface area contributed by atoms with Crippen LogP contribution in [-0.2, 0) is 18.7 Å². The molecule has 0 spiro atoms. The summed E-state index contributed by atoms with van der Waals surface area (Å²) in [6, 6.07) is 9.12. The maximum absolute atomic E-state index is 15.2. The highest BCUT2D eigenvalue weighted by Crippen LogP contribution is 2.33. The molecule has 4 rings (SSSR count). The monoisotopic (exact) mass is 521 g/mol. The second-order valence-corrected chi connectivity index (χ2v) is 8.79. The lowest BCUT2D eigenvalue weighted by Crippen LogP contribution is -2.50. The maximum Gasteiger partial charge on any atom is 0.142 e. The summed E-state index contributed by atoms with van der Waals surface area (Å²) < 4.78 is 83.3. The Bertz CT molecular complexity index is 1470. The van der Waals surface area contributed by atoms with Crippen LogP contribution in [0.15, 0.2) is 67.3 Å². The van der Waals surface area contributed by atoms with Crippen LogP contribution in [0.2, 0.25) is 5.02 Å². The fraction of sp³-hybridized carbons (Fsp3) is 0.231. The van der Waals surface area contributed by atoms with E-state index in [2.05, 4.69) is 10.1 Å². The third-order valence-electron chi connectivity index (χ3n) is 6.07. The van der Waals surface area contributed by atoms with E-state index in [1.165, 1.54) is 48.5 Å². The van der Waals surface area contributed by atoms with Crippen LogP contribution in [0.5, 0.6) is 0 Å².